The van der Waals surface area contributed by atoms with E-state index in [0.29, 0.717) is 12.0 Å². The highest BCUT2D eigenvalue weighted by atomic mass is 35.5. The van der Waals surface area contributed by atoms with E-state index in [2.05, 4.69) is 24.2 Å². The summed E-state index contributed by atoms with van der Waals surface area (Å²) in [6.07, 6.45) is 2.60. The van der Waals surface area contributed by atoms with Gasteiger partial charge in [0, 0.05) is 29.7 Å². The first-order valence-corrected chi connectivity index (χ1v) is 7.73. The molecule has 2 unspecified atom stereocenters. The quantitative estimate of drug-likeness (QED) is 0.903. The van der Waals surface area contributed by atoms with E-state index in [1.54, 1.807) is 7.11 Å². The molecule has 20 heavy (non-hydrogen) atoms. The summed E-state index contributed by atoms with van der Waals surface area (Å²) < 4.78 is 5.39. The van der Waals surface area contributed by atoms with Crippen molar-refractivity contribution in [1.29, 1.82) is 0 Å². The summed E-state index contributed by atoms with van der Waals surface area (Å²) in [5, 5.41) is 4.38. The normalized spacial score (nSPS) is 21.7. The van der Waals surface area contributed by atoms with Crippen LogP contribution in [0.2, 0.25) is 5.02 Å². The SMILES string of the molecule is COc1cccc(Cl)c1CNC(C)C1CCCN(C)C1. The van der Waals surface area contributed by atoms with Crippen molar-refractivity contribution >= 4 is 11.6 Å². The Balaban J connectivity index is 1.94. The molecule has 1 aliphatic rings. The van der Waals surface area contributed by atoms with Crippen LogP contribution < -0.4 is 10.1 Å². The molecule has 4 heteroatoms. The van der Waals surface area contributed by atoms with Crippen LogP contribution in [0.4, 0.5) is 0 Å². The lowest BCUT2D eigenvalue weighted by Crippen LogP contribution is -2.42. The molecule has 0 bridgehead atoms. The Labute approximate surface area is 127 Å². The van der Waals surface area contributed by atoms with Gasteiger partial charge in [-0.05, 0) is 51.4 Å². The number of nitrogens with one attached hydrogen (secondary N) is 1. The molecule has 1 aromatic carbocycles. The highest BCUT2D eigenvalue weighted by Crippen LogP contribution is 2.26. The van der Waals surface area contributed by atoms with E-state index in [0.717, 1.165) is 22.9 Å². The zero-order valence-electron chi connectivity index (χ0n) is 12.7. The maximum atomic E-state index is 6.27. The van der Waals surface area contributed by atoms with Gasteiger partial charge in [0.2, 0.25) is 0 Å². The monoisotopic (exact) mass is 296 g/mol. The van der Waals surface area contributed by atoms with Crippen molar-refractivity contribution in [2.24, 2.45) is 5.92 Å². The lowest BCUT2D eigenvalue weighted by molar-refractivity contribution is 0.178. The predicted octanol–water partition coefficient (Wildman–Crippen LogP) is 3.17. The van der Waals surface area contributed by atoms with E-state index in [1.807, 2.05) is 18.2 Å². The number of hydrogen-bond donors (Lipinski definition) is 1. The molecule has 1 saturated heterocycles. The van der Waals surface area contributed by atoms with Crippen LogP contribution in [0.1, 0.15) is 25.3 Å². The summed E-state index contributed by atoms with van der Waals surface area (Å²) in [5.74, 6) is 1.57. The van der Waals surface area contributed by atoms with Crippen LogP contribution in [-0.4, -0.2) is 38.2 Å². The Morgan fingerprint density at radius 1 is 1.50 bits per heavy atom. The predicted molar refractivity (Wildman–Crippen MR) is 84.5 cm³/mol. The minimum atomic E-state index is 0.485. The van der Waals surface area contributed by atoms with Crippen molar-refractivity contribution in [3.63, 3.8) is 0 Å². The summed E-state index contributed by atoms with van der Waals surface area (Å²) in [7, 11) is 3.89. The standard InChI is InChI=1S/C16H25ClN2O/c1-12(13-6-5-9-19(2)11-13)18-10-14-15(17)7-4-8-16(14)20-3/h4,7-8,12-13,18H,5-6,9-11H2,1-3H3. The molecular weight excluding hydrogens is 272 g/mol. The maximum Gasteiger partial charge on any atom is 0.124 e. The first-order valence-electron chi connectivity index (χ1n) is 7.35. The van der Waals surface area contributed by atoms with Gasteiger partial charge in [0.15, 0.2) is 0 Å². The smallest absolute Gasteiger partial charge is 0.124 e. The van der Waals surface area contributed by atoms with Crippen LogP contribution in [0.5, 0.6) is 5.75 Å². The Hall–Kier alpha value is -0.770. The average Bonchev–Trinajstić information content (AvgIpc) is 2.45. The Kier molecular flexibility index (Phi) is 5.70. The third-order valence-corrected chi connectivity index (χ3v) is 4.62. The third kappa shape index (κ3) is 3.87. The van der Waals surface area contributed by atoms with Gasteiger partial charge in [-0.3, -0.25) is 0 Å². The minimum absolute atomic E-state index is 0.485. The van der Waals surface area contributed by atoms with Gasteiger partial charge in [0.1, 0.15) is 5.75 Å². The molecule has 1 aliphatic heterocycles. The molecule has 112 valence electrons. The number of rotatable bonds is 5. The van der Waals surface area contributed by atoms with Crippen molar-refractivity contribution < 1.29 is 4.74 Å². The van der Waals surface area contributed by atoms with E-state index >= 15 is 0 Å². The molecule has 0 aliphatic carbocycles. The van der Waals surface area contributed by atoms with Crippen molar-refractivity contribution in [2.75, 3.05) is 27.2 Å². The summed E-state index contributed by atoms with van der Waals surface area (Å²) in [5.41, 5.74) is 1.05. The van der Waals surface area contributed by atoms with Crippen LogP contribution in [0.3, 0.4) is 0 Å². The maximum absolute atomic E-state index is 6.27. The second-order valence-electron chi connectivity index (χ2n) is 5.75. The van der Waals surface area contributed by atoms with Gasteiger partial charge in [-0.1, -0.05) is 17.7 Å². The van der Waals surface area contributed by atoms with Gasteiger partial charge in [-0.15, -0.1) is 0 Å². The molecule has 1 N–H and O–H groups in total. The third-order valence-electron chi connectivity index (χ3n) is 4.26. The van der Waals surface area contributed by atoms with E-state index < -0.39 is 0 Å². The second-order valence-corrected chi connectivity index (χ2v) is 6.16. The average molecular weight is 297 g/mol. The molecule has 2 rings (SSSR count). The molecule has 2 atom stereocenters. The second kappa shape index (κ2) is 7.30. The van der Waals surface area contributed by atoms with Crippen LogP contribution in [-0.2, 0) is 6.54 Å². The van der Waals surface area contributed by atoms with Gasteiger partial charge in [-0.25, -0.2) is 0 Å². The van der Waals surface area contributed by atoms with Gasteiger partial charge in [0.05, 0.1) is 7.11 Å². The van der Waals surface area contributed by atoms with Crippen molar-refractivity contribution in [1.82, 2.24) is 10.2 Å². The summed E-state index contributed by atoms with van der Waals surface area (Å²) in [6.45, 7) is 5.42. The van der Waals surface area contributed by atoms with Crippen LogP contribution in [0, 0.1) is 5.92 Å². The van der Waals surface area contributed by atoms with Gasteiger partial charge in [0.25, 0.3) is 0 Å². The highest BCUT2D eigenvalue weighted by Gasteiger charge is 2.22. The number of benzene rings is 1. The molecule has 1 fully saturated rings. The number of piperidine rings is 1. The van der Waals surface area contributed by atoms with Gasteiger partial charge in [-0.2, -0.15) is 0 Å². The largest absolute Gasteiger partial charge is 0.496 e. The highest BCUT2D eigenvalue weighted by molar-refractivity contribution is 6.31. The topological polar surface area (TPSA) is 24.5 Å². The molecule has 0 saturated carbocycles. The Bertz CT molecular complexity index is 438. The van der Waals surface area contributed by atoms with Crippen molar-refractivity contribution in [3.05, 3.63) is 28.8 Å². The van der Waals surface area contributed by atoms with E-state index in [1.165, 1.54) is 25.9 Å². The van der Waals surface area contributed by atoms with Gasteiger partial charge < -0.3 is 15.0 Å². The molecule has 1 heterocycles. The fraction of sp³-hybridized carbons (Fsp3) is 0.625. The number of ether oxygens (including phenoxy) is 1. The van der Waals surface area contributed by atoms with Crippen molar-refractivity contribution in [2.45, 2.75) is 32.4 Å². The van der Waals surface area contributed by atoms with E-state index in [4.69, 9.17) is 16.3 Å². The summed E-state index contributed by atoms with van der Waals surface area (Å²) in [6, 6.07) is 6.28. The zero-order chi connectivity index (χ0) is 14.5. The molecule has 0 aromatic heterocycles. The van der Waals surface area contributed by atoms with Crippen LogP contribution in [0.15, 0.2) is 18.2 Å². The Morgan fingerprint density at radius 2 is 2.30 bits per heavy atom. The fourth-order valence-electron chi connectivity index (χ4n) is 2.95. The molecule has 3 nitrogen and oxygen atoms in total. The number of likely N-dealkylation sites (tertiary alicyclic amines) is 1. The zero-order valence-corrected chi connectivity index (χ0v) is 13.4. The van der Waals surface area contributed by atoms with Crippen molar-refractivity contribution in [3.8, 4) is 5.75 Å². The molecule has 0 spiro atoms. The summed E-state index contributed by atoms with van der Waals surface area (Å²) in [4.78, 5) is 2.42. The molecule has 0 radical (unpaired) electrons. The number of methoxy groups -OCH3 is 1. The van der Waals surface area contributed by atoms with Crippen LogP contribution >= 0.6 is 11.6 Å². The van der Waals surface area contributed by atoms with E-state index in [9.17, 15) is 0 Å². The first-order chi connectivity index (χ1) is 9.61. The molecule has 0 amide bonds. The number of nitrogens with zero attached hydrogens (tertiary/aromatic N) is 1. The molecule has 1 aromatic rings. The lowest BCUT2D eigenvalue weighted by Gasteiger charge is -2.34. The number of hydrogen-bond acceptors (Lipinski definition) is 3. The minimum Gasteiger partial charge on any atom is -0.496 e. The lowest BCUT2D eigenvalue weighted by atomic mass is 9.92. The fourth-order valence-corrected chi connectivity index (χ4v) is 3.18. The van der Waals surface area contributed by atoms with Gasteiger partial charge >= 0.3 is 0 Å². The first kappa shape index (κ1) is 15.6. The van der Waals surface area contributed by atoms with Crippen LogP contribution in [0.25, 0.3) is 0 Å². The van der Waals surface area contributed by atoms with E-state index in [-0.39, 0.29) is 0 Å². The number of halogens is 1. The Morgan fingerprint density at radius 3 is 3.00 bits per heavy atom. The molecular formula is C16H25ClN2O. The summed E-state index contributed by atoms with van der Waals surface area (Å²) >= 11 is 6.27.